The van der Waals surface area contributed by atoms with Gasteiger partial charge in [0.25, 0.3) is 5.91 Å². The molecule has 2 aromatic rings. The second-order valence-electron chi connectivity index (χ2n) is 5.74. The molecule has 23 heavy (non-hydrogen) atoms. The van der Waals surface area contributed by atoms with E-state index in [0.717, 1.165) is 30.0 Å². The fraction of sp³-hybridized carbons (Fsp3) is 0.412. The van der Waals surface area contributed by atoms with Crippen LogP contribution in [-0.2, 0) is 13.0 Å². The minimum absolute atomic E-state index is 0.0680. The fourth-order valence-electron chi connectivity index (χ4n) is 2.54. The largest absolute Gasteiger partial charge is 0.330 e. The molecule has 0 N–H and O–H groups in total. The van der Waals surface area contributed by atoms with Gasteiger partial charge in [0.15, 0.2) is 0 Å². The number of aryl methyl sites for hydroxylation is 2. The third-order valence-electron chi connectivity index (χ3n) is 3.98. The molecule has 3 nitrogen and oxygen atoms in total. The van der Waals surface area contributed by atoms with Gasteiger partial charge in [0.2, 0.25) is 0 Å². The van der Waals surface area contributed by atoms with E-state index in [1.54, 1.807) is 17.0 Å². The summed E-state index contributed by atoms with van der Waals surface area (Å²) in [6.45, 7) is 4.07. The van der Waals surface area contributed by atoms with Gasteiger partial charge in [-0.15, -0.1) is 11.3 Å². The molecule has 0 unspecified atom stereocenters. The highest BCUT2D eigenvalue weighted by molar-refractivity contribution is 7.13. The summed E-state index contributed by atoms with van der Waals surface area (Å²) in [5.41, 5.74) is 1.13. The van der Waals surface area contributed by atoms with Crippen molar-refractivity contribution in [3.05, 3.63) is 50.2 Å². The van der Waals surface area contributed by atoms with E-state index < -0.39 is 0 Å². The van der Waals surface area contributed by atoms with Gasteiger partial charge in [0.1, 0.15) is 10.7 Å². The number of hydrogen-bond acceptors (Lipinski definition) is 3. The van der Waals surface area contributed by atoms with E-state index in [4.69, 9.17) is 11.6 Å². The summed E-state index contributed by atoms with van der Waals surface area (Å²) < 4.78 is 14.1. The van der Waals surface area contributed by atoms with Crippen molar-refractivity contribution in [2.45, 2.75) is 45.7 Å². The Bertz CT molecular complexity index is 722. The Morgan fingerprint density at radius 2 is 2.22 bits per heavy atom. The van der Waals surface area contributed by atoms with Crippen molar-refractivity contribution in [3.63, 3.8) is 0 Å². The zero-order chi connectivity index (χ0) is 16.6. The third-order valence-corrected chi connectivity index (χ3v) is 5.62. The molecule has 1 fully saturated rings. The van der Waals surface area contributed by atoms with Crippen LogP contribution in [0.15, 0.2) is 18.2 Å². The first-order valence-corrected chi connectivity index (χ1v) is 8.90. The zero-order valence-electron chi connectivity index (χ0n) is 13.1. The molecule has 0 atom stereocenters. The van der Waals surface area contributed by atoms with Crippen LogP contribution >= 0.6 is 22.9 Å². The number of carbonyl (C=O) groups is 1. The molecular weight excluding hydrogens is 335 g/mol. The van der Waals surface area contributed by atoms with Gasteiger partial charge in [-0.3, -0.25) is 4.79 Å². The topological polar surface area (TPSA) is 33.2 Å². The quantitative estimate of drug-likeness (QED) is 0.787. The highest BCUT2D eigenvalue weighted by Crippen LogP contribution is 2.33. The zero-order valence-corrected chi connectivity index (χ0v) is 14.7. The molecule has 0 spiro atoms. The average molecular weight is 353 g/mol. The van der Waals surface area contributed by atoms with Gasteiger partial charge < -0.3 is 4.90 Å². The van der Waals surface area contributed by atoms with Crippen molar-refractivity contribution in [1.82, 2.24) is 9.88 Å². The third kappa shape index (κ3) is 3.40. The van der Waals surface area contributed by atoms with Crippen LogP contribution in [0.3, 0.4) is 0 Å². The van der Waals surface area contributed by atoms with Gasteiger partial charge in [-0.25, -0.2) is 9.37 Å². The smallest absolute Gasteiger partial charge is 0.266 e. The highest BCUT2D eigenvalue weighted by Gasteiger charge is 2.35. The Kier molecular flexibility index (Phi) is 4.69. The summed E-state index contributed by atoms with van der Waals surface area (Å²) in [7, 11) is 0. The summed E-state index contributed by atoms with van der Waals surface area (Å²) in [6, 6.07) is 4.78. The minimum atomic E-state index is -0.369. The van der Waals surface area contributed by atoms with Crippen LogP contribution in [0.5, 0.6) is 0 Å². The first kappa shape index (κ1) is 16.4. The fourth-order valence-corrected chi connectivity index (χ4v) is 3.72. The van der Waals surface area contributed by atoms with E-state index in [2.05, 4.69) is 4.98 Å². The van der Waals surface area contributed by atoms with Crippen LogP contribution in [-0.4, -0.2) is 21.8 Å². The van der Waals surface area contributed by atoms with Gasteiger partial charge in [0, 0.05) is 16.6 Å². The number of carbonyl (C=O) groups excluding carboxylic acids is 1. The Labute approximate surface area is 144 Å². The summed E-state index contributed by atoms with van der Waals surface area (Å²) in [6.07, 6.45) is 2.72. The molecule has 122 valence electrons. The van der Waals surface area contributed by atoms with E-state index in [1.807, 2.05) is 13.8 Å². The first-order valence-electron chi connectivity index (χ1n) is 7.71. The SMILES string of the molecule is CCc1nc(C)c(C(=O)N(Cc2c(F)cccc2Cl)C2CC2)s1. The number of amides is 1. The maximum atomic E-state index is 14.1. The number of rotatable bonds is 5. The maximum Gasteiger partial charge on any atom is 0.266 e. The van der Waals surface area contributed by atoms with Gasteiger partial charge in [-0.1, -0.05) is 24.6 Å². The second kappa shape index (κ2) is 6.57. The molecular formula is C17H18ClFN2OS. The Morgan fingerprint density at radius 3 is 2.78 bits per heavy atom. The molecule has 3 rings (SSSR count). The molecule has 6 heteroatoms. The number of halogens is 2. The Hall–Kier alpha value is -1.46. The number of thiazole rings is 1. The molecule has 1 aromatic carbocycles. The van der Waals surface area contributed by atoms with E-state index in [-0.39, 0.29) is 24.3 Å². The first-order chi connectivity index (χ1) is 11.0. The number of hydrogen-bond donors (Lipinski definition) is 0. The highest BCUT2D eigenvalue weighted by atomic mass is 35.5. The van der Waals surface area contributed by atoms with Crippen molar-refractivity contribution in [3.8, 4) is 0 Å². The summed E-state index contributed by atoms with van der Waals surface area (Å²) in [5.74, 6) is -0.437. The van der Waals surface area contributed by atoms with Gasteiger partial charge in [0.05, 0.1) is 17.2 Å². The molecule has 1 saturated carbocycles. The van der Waals surface area contributed by atoms with Crippen LogP contribution in [0.25, 0.3) is 0 Å². The van der Waals surface area contributed by atoms with E-state index >= 15 is 0 Å². The molecule has 0 aliphatic heterocycles. The lowest BCUT2D eigenvalue weighted by atomic mass is 10.2. The van der Waals surface area contributed by atoms with Crippen molar-refractivity contribution in [2.24, 2.45) is 0 Å². The standard InChI is InChI=1S/C17H18ClFN2OS/c1-3-15-20-10(2)16(23-15)17(22)21(11-7-8-11)9-12-13(18)5-4-6-14(12)19/h4-6,11H,3,7-9H2,1-2H3. The van der Waals surface area contributed by atoms with Crippen LogP contribution < -0.4 is 0 Å². The molecule has 1 heterocycles. The lowest BCUT2D eigenvalue weighted by Crippen LogP contribution is -2.33. The lowest BCUT2D eigenvalue weighted by molar-refractivity contribution is 0.0732. The molecule has 0 saturated heterocycles. The summed E-state index contributed by atoms with van der Waals surface area (Å²) >= 11 is 7.55. The van der Waals surface area contributed by atoms with Crippen molar-refractivity contribution >= 4 is 28.8 Å². The van der Waals surface area contributed by atoms with Crippen molar-refractivity contribution in [2.75, 3.05) is 0 Å². The molecule has 1 aliphatic carbocycles. The summed E-state index contributed by atoms with van der Waals surface area (Å²) in [4.78, 5) is 19.8. The van der Waals surface area contributed by atoms with Crippen LogP contribution in [0.1, 0.15) is 45.7 Å². The average Bonchev–Trinajstić information content (AvgIpc) is 3.28. The van der Waals surface area contributed by atoms with E-state index in [1.165, 1.54) is 17.4 Å². The monoisotopic (exact) mass is 352 g/mol. The molecule has 0 bridgehead atoms. The number of nitrogens with zero attached hydrogens (tertiary/aromatic N) is 2. The van der Waals surface area contributed by atoms with Crippen molar-refractivity contribution < 1.29 is 9.18 Å². The van der Waals surface area contributed by atoms with Gasteiger partial charge in [-0.05, 0) is 38.3 Å². The van der Waals surface area contributed by atoms with E-state index in [0.29, 0.717) is 15.5 Å². The predicted molar refractivity (Wildman–Crippen MR) is 90.5 cm³/mol. The summed E-state index contributed by atoms with van der Waals surface area (Å²) in [5, 5.41) is 1.31. The second-order valence-corrected chi connectivity index (χ2v) is 7.23. The normalized spacial score (nSPS) is 14.1. The molecule has 1 aliphatic rings. The Balaban J connectivity index is 1.90. The Morgan fingerprint density at radius 1 is 1.48 bits per heavy atom. The predicted octanol–water partition coefficient (Wildman–Crippen LogP) is 4.61. The minimum Gasteiger partial charge on any atom is -0.330 e. The number of benzene rings is 1. The molecule has 0 radical (unpaired) electrons. The number of aromatic nitrogens is 1. The van der Waals surface area contributed by atoms with E-state index in [9.17, 15) is 9.18 Å². The van der Waals surface area contributed by atoms with Crippen molar-refractivity contribution in [1.29, 1.82) is 0 Å². The van der Waals surface area contributed by atoms with Crippen LogP contribution in [0.4, 0.5) is 4.39 Å². The molecule has 1 aromatic heterocycles. The van der Waals surface area contributed by atoms with Crippen LogP contribution in [0, 0.1) is 12.7 Å². The van der Waals surface area contributed by atoms with Gasteiger partial charge in [-0.2, -0.15) is 0 Å². The van der Waals surface area contributed by atoms with Gasteiger partial charge >= 0.3 is 0 Å². The maximum absolute atomic E-state index is 14.1. The lowest BCUT2D eigenvalue weighted by Gasteiger charge is -2.23. The van der Waals surface area contributed by atoms with Crippen LogP contribution in [0.2, 0.25) is 5.02 Å². The molecule has 1 amide bonds.